The third kappa shape index (κ3) is 5.84. The molecule has 1 heterocycles. The second-order valence-electron chi connectivity index (χ2n) is 5.34. The number of rotatable bonds is 6. The van der Waals surface area contributed by atoms with Crippen LogP contribution in [0.4, 0.5) is 0 Å². The molecule has 0 fully saturated rings. The van der Waals surface area contributed by atoms with Crippen LogP contribution in [0.25, 0.3) is 0 Å². The van der Waals surface area contributed by atoms with Gasteiger partial charge in [-0.2, -0.15) is 0 Å². The molecule has 1 aromatic carbocycles. The molecule has 0 aliphatic heterocycles. The van der Waals surface area contributed by atoms with Crippen molar-refractivity contribution in [3.8, 4) is 0 Å². The van der Waals surface area contributed by atoms with Crippen LogP contribution in [0.15, 0.2) is 35.5 Å². The van der Waals surface area contributed by atoms with Crippen LogP contribution in [0.3, 0.4) is 0 Å². The van der Waals surface area contributed by atoms with E-state index in [1.165, 1.54) is 10.4 Å². The highest BCUT2D eigenvalue weighted by molar-refractivity contribution is 7.11. The summed E-state index contributed by atoms with van der Waals surface area (Å²) in [4.78, 5) is 12.4. The smallest absolute Gasteiger partial charge is 0.193 e. The first-order chi connectivity index (χ1) is 11.1. The zero-order valence-corrected chi connectivity index (χ0v) is 15.4. The van der Waals surface area contributed by atoms with E-state index in [2.05, 4.69) is 35.1 Å². The van der Waals surface area contributed by atoms with Crippen LogP contribution in [0.2, 0.25) is 5.02 Å². The molecule has 1 N–H and O–H groups in total. The van der Waals surface area contributed by atoms with Gasteiger partial charge >= 0.3 is 0 Å². The van der Waals surface area contributed by atoms with Gasteiger partial charge in [-0.15, -0.1) is 11.3 Å². The molecule has 0 bridgehead atoms. The molecular weight excluding hydrogens is 328 g/mol. The van der Waals surface area contributed by atoms with Crippen LogP contribution in [0.1, 0.15) is 22.4 Å². The largest absolute Gasteiger partial charge is 0.357 e. The highest BCUT2D eigenvalue weighted by atomic mass is 35.5. The maximum atomic E-state index is 6.05. The SMILES string of the molecule is CCNC(=NCCc1ncc(C)s1)N(C)Cc1cccc(Cl)c1. The van der Waals surface area contributed by atoms with E-state index in [0.717, 1.165) is 42.0 Å². The first-order valence-corrected chi connectivity index (χ1v) is 8.93. The number of hydrogen-bond donors (Lipinski definition) is 1. The number of hydrogen-bond acceptors (Lipinski definition) is 3. The number of nitrogens with zero attached hydrogens (tertiary/aromatic N) is 3. The first-order valence-electron chi connectivity index (χ1n) is 7.73. The second kappa shape index (κ2) is 8.89. The molecule has 23 heavy (non-hydrogen) atoms. The van der Waals surface area contributed by atoms with E-state index < -0.39 is 0 Å². The van der Waals surface area contributed by atoms with E-state index in [-0.39, 0.29) is 0 Å². The number of aliphatic imine (C=N–C) groups is 1. The fourth-order valence-electron chi connectivity index (χ4n) is 2.23. The van der Waals surface area contributed by atoms with Gasteiger partial charge in [0, 0.05) is 49.2 Å². The predicted octanol–water partition coefficient (Wildman–Crippen LogP) is 3.74. The molecule has 0 unspecified atom stereocenters. The fourth-order valence-corrected chi connectivity index (χ4v) is 3.22. The van der Waals surface area contributed by atoms with E-state index in [1.807, 2.05) is 31.4 Å². The Hall–Kier alpha value is -1.59. The van der Waals surface area contributed by atoms with Gasteiger partial charge in [0.05, 0.1) is 5.01 Å². The Balaban J connectivity index is 1.96. The predicted molar refractivity (Wildman–Crippen MR) is 99.5 cm³/mol. The van der Waals surface area contributed by atoms with Crippen LogP contribution >= 0.6 is 22.9 Å². The zero-order valence-electron chi connectivity index (χ0n) is 13.8. The lowest BCUT2D eigenvalue weighted by molar-refractivity contribution is 0.477. The Morgan fingerprint density at radius 3 is 2.91 bits per heavy atom. The minimum absolute atomic E-state index is 0.731. The number of aryl methyl sites for hydroxylation is 1. The van der Waals surface area contributed by atoms with Crippen molar-refractivity contribution in [2.24, 2.45) is 4.99 Å². The third-order valence-corrected chi connectivity index (χ3v) is 4.47. The summed E-state index contributed by atoms with van der Waals surface area (Å²) in [6.07, 6.45) is 2.79. The lowest BCUT2D eigenvalue weighted by atomic mass is 10.2. The Labute approximate surface area is 147 Å². The maximum absolute atomic E-state index is 6.05. The van der Waals surface area contributed by atoms with Crippen molar-refractivity contribution in [2.75, 3.05) is 20.1 Å². The number of benzene rings is 1. The normalized spacial score (nSPS) is 11.6. The summed E-state index contributed by atoms with van der Waals surface area (Å²) in [6.45, 7) is 6.49. The molecule has 124 valence electrons. The zero-order chi connectivity index (χ0) is 16.7. The van der Waals surface area contributed by atoms with Gasteiger partial charge < -0.3 is 10.2 Å². The fraction of sp³-hybridized carbons (Fsp3) is 0.412. The summed E-state index contributed by atoms with van der Waals surface area (Å²) in [5.41, 5.74) is 1.17. The summed E-state index contributed by atoms with van der Waals surface area (Å²) >= 11 is 7.79. The van der Waals surface area contributed by atoms with E-state index in [0.29, 0.717) is 0 Å². The molecular formula is C17H23ClN4S. The number of guanidine groups is 1. The molecule has 0 amide bonds. The Morgan fingerprint density at radius 1 is 1.43 bits per heavy atom. The van der Waals surface area contributed by atoms with Gasteiger partial charge in [-0.3, -0.25) is 4.99 Å². The number of nitrogens with one attached hydrogen (secondary N) is 1. The molecule has 6 heteroatoms. The van der Waals surface area contributed by atoms with Crippen LogP contribution in [-0.2, 0) is 13.0 Å². The topological polar surface area (TPSA) is 40.5 Å². The van der Waals surface area contributed by atoms with Crippen molar-refractivity contribution in [1.29, 1.82) is 0 Å². The lowest BCUT2D eigenvalue weighted by Gasteiger charge is -2.22. The standard InChI is InChI=1S/C17H23ClN4S/c1-4-19-17(20-9-8-16-21-11-13(2)23-16)22(3)12-14-6-5-7-15(18)10-14/h5-7,10-11H,4,8-9,12H2,1-3H3,(H,19,20). The first kappa shape index (κ1) is 17.8. The van der Waals surface area contributed by atoms with Gasteiger partial charge in [0.2, 0.25) is 0 Å². The van der Waals surface area contributed by atoms with Crippen molar-refractivity contribution in [1.82, 2.24) is 15.2 Å². The Morgan fingerprint density at radius 2 is 2.26 bits per heavy atom. The highest BCUT2D eigenvalue weighted by Crippen LogP contribution is 2.13. The average Bonchev–Trinajstić information content (AvgIpc) is 2.92. The molecule has 4 nitrogen and oxygen atoms in total. The van der Waals surface area contributed by atoms with Crippen molar-refractivity contribution in [3.63, 3.8) is 0 Å². The van der Waals surface area contributed by atoms with E-state index in [1.54, 1.807) is 11.3 Å². The molecule has 0 saturated carbocycles. The molecule has 0 atom stereocenters. The minimum atomic E-state index is 0.731. The molecule has 0 spiro atoms. The van der Waals surface area contributed by atoms with Gasteiger partial charge in [-0.05, 0) is 31.5 Å². The van der Waals surface area contributed by atoms with Gasteiger partial charge in [0.1, 0.15) is 0 Å². The number of thiazole rings is 1. The summed E-state index contributed by atoms with van der Waals surface area (Å²) in [7, 11) is 2.04. The Kier molecular flexibility index (Phi) is 6.86. The maximum Gasteiger partial charge on any atom is 0.193 e. The van der Waals surface area contributed by atoms with Gasteiger partial charge in [0.25, 0.3) is 0 Å². The second-order valence-corrected chi connectivity index (χ2v) is 7.09. The van der Waals surface area contributed by atoms with Crippen LogP contribution in [0, 0.1) is 6.92 Å². The van der Waals surface area contributed by atoms with Gasteiger partial charge in [-0.25, -0.2) is 4.98 Å². The van der Waals surface area contributed by atoms with Crippen LogP contribution in [0.5, 0.6) is 0 Å². The average molecular weight is 351 g/mol. The molecule has 2 rings (SSSR count). The number of aromatic nitrogens is 1. The van der Waals surface area contributed by atoms with Crippen LogP contribution in [-0.4, -0.2) is 36.0 Å². The summed E-state index contributed by atoms with van der Waals surface area (Å²) in [6, 6.07) is 7.92. The quantitative estimate of drug-likeness (QED) is 0.637. The van der Waals surface area contributed by atoms with Crippen LogP contribution < -0.4 is 5.32 Å². The highest BCUT2D eigenvalue weighted by Gasteiger charge is 2.07. The summed E-state index contributed by atoms with van der Waals surface area (Å²) in [5, 5.41) is 5.23. The van der Waals surface area contributed by atoms with Gasteiger partial charge in [-0.1, -0.05) is 23.7 Å². The van der Waals surface area contributed by atoms with E-state index >= 15 is 0 Å². The summed E-state index contributed by atoms with van der Waals surface area (Å²) in [5.74, 6) is 0.903. The Bertz CT molecular complexity index is 654. The molecule has 0 aliphatic carbocycles. The number of halogens is 1. The van der Waals surface area contributed by atoms with Crippen molar-refractivity contribution in [3.05, 3.63) is 50.9 Å². The molecule has 0 aliphatic rings. The third-order valence-electron chi connectivity index (χ3n) is 3.26. The van der Waals surface area contributed by atoms with Gasteiger partial charge in [0.15, 0.2) is 5.96 Å². The molecule has 0 radical (unpaired) electrons. The van der Waals surface area contributed by atoms with Crippen molar-refractivity contribution >= 4 is 28.9 Å². The van der Waals surface area contributed by atoms with E-state index in [9.17, 15) is 0 Å². The monoisotopic (exact) mass is 350 g/mol. The molecule has 0 saturated heterocycles. The molecule has 2 aromatic rings. The minimum Gasteiger partial charge on any atom is -0.357 e. The van der Waals surface area contributed by atoms with Crippen molar-refractivity contribution < 1.29 is 0 Å². The lowest BCUT2D eigenvalue weighted by Crippen LogP contribution is -2.38. The van der Waals surface area contributed by atoms with E-state index in [4.69, 9.17) is 16.6 Å². The summed E-state index contributed by atoms with van der Waals surface area (Å²) < 4.78 is 0. The van der Waals surface area contributed by atoms with Crippen molar-refractivity contribution in [2.45, 2.75) is 26.8 Å². The molecule has 1 aromatic heterocycles.